The molecule has 0 radical (unpaired) electrons. The second-order valence-corrected chi connectivity index (χ2v) is 6.24. The summed E-state index contributed by atoms with van der Waals surface area (Å²) in [7, 11) is 0. The van der Waals surface area contributed by atoms with Crippen molar-refractivity contribution in [2.75, 3.05) is 29.4 Å². The Morgan fingerprint density at radius 2 is 2.00 bits per heavy atom. The van der Waals surface area contributed by atoms with Gasteiger partial charge in [-0.3, -0.25) is 0 Å². The predicted octanol–water partition coefficient (Wildman–Crippen LogP) is 2.36. The number of para-hydroxylation sites is 1. The molecule has 0 spiro atoms. The Morgan fingerprint density at radius 1 is 1.16 bits per heavy atom. The molecule has 1 aliphatic carbocycles. The number of rotatable bonds is 1. The van der Waals surface area contributed by atoms with Gasteiger partial charge in [0, 0.05) is 38.3 Å². The summed E-state index contributed by atoms with van der Waals surface area (Å²) in [5.41, 5.74) is 4.48. The van der Waals surface area contributed by atoms with Crippen molar-refractivity contribution in [2.24, 2.45) is 0 Å². The first-order chi connectivity index (χ1) is 9.34. The van der Waals surface area contributed by atoms with Crippen LogP contribution in [-0.2, 0) is 6.54 Å². The third-order valence-electron chi connectivity index (χ3n) is 5.08. The summed E-state index contributed by atoms with van der Waals surface area (Å²) in [5.74, 6) is 0. The van der Waals surface area contributed by atoms with Crippen LogP contribution in [0.5, 0.6) is 0 Å². The van der Waals surface area contributed by atoms with Gasteiger partial charge in [0.05, 0.1) is 11.4 Å². The van der Waals surface area contributed by atoms with E-state index in [1.165, 1.54) is 49.3 Å². The largest absolute Gasteiger partial charge is 0.365 e. The topological polar surface area (TPSA) is 18.5 Å². The first kappa shape index (κ1) is 11.6. The molecular formula is C16H23N3. The van der Waals surface area contributed by atoms with Gasteiger partial charge in [-0.25, -0.2) is 0 Å². The Kier molecular flexibility index (Phi) is 2.69. The average Bonchev–Trinajstić information content (AvgIpc) is 2.52. The van der Waals surface area contributed by atoms with Gasteiger partial charge in [0.25, 0.3) is 0 Å². The zero-order valence-electron chi connectivity index (χ0n) is 11.7. The quantitative estimate of drug-likeness (QED) is 0.833. The van der Waals surface area contributed by atoms with Gasteiger partial charge in [0.2, 0.25) is 0 Å². The lowest BCUT2D eigenvalue weighted by atomic mass is 9.89. The van der Waals surface area contributed by atoms with Crippen LogP contribution in [0.2, 0.25) is 0 Å². The smallest absolute Gasteiger partial charge is 0.0653 e. The van der Waals surface area contributed by atoms with Gasteiger partial charge >= 0.3 is 0 Å². The highest BCUT2D eigenvalue weighted by atomic mass is 15.3. The summed E-state index contributed by atoms with van der Waals surface area (Å²) in [6.45, 7) is 6.84. The standard InChI is InChI=1S/C16H23N3/c1-12-10-17-11-13-4-2-7-15-16(13)18(12)8-9-19(15)14-5-3-6-14/h2,4,7,12,14,17H,3,5-6,8-11H2,1H3. The molecule has 2 heterocycles. The highest BCUT2D eigenvalue weighted by molar-refractivity contribution is 5.78. The fourth-order valence-electron chi connectivity index (χ4n) is 3.78. The van der Waals surface area contributed by atoms with E-state index < -0.39 is 0 Å². The minimum absolute atomic E-state index is 0.603. The maximum atomic E-state index is 3.58. The molecule has 0 aromatic heterocycles. The molecule has 1 aromatic rings. The lowest BCUT2D eigenvalue weighted by Crippen LogP contribution is -2.51. The molecule has 1 N–H and O–H groups in total. The summed E-state index contributed by atoms with van der Waals surface area (Å²) >= 11 is 0. The van der Waals surface area contributed by atoms with Crippen molar-refractivity contribution in [1.82, 2.24) is 5.32 Å². The summed E-state index contributed by atoms with van der Waals surface area (Å²) in [6.07, 6.45) is 4.19. The first-order valence-electron chi connectivity index (χ1n) is 7.70. The van der Waals surface area contributed by atoms with Crippen LogP contribution in [0.25, 0.3) is 0 Å². The van der Waals surface area contributed by atoms with E-state index >= 15 is 0 Å². The molecule has 1 atom stereocenters. The highest BCUT2D eigenvalue weighted by Gasteiger charge is 2.34. The number of benzene rings is 1. The molecule has 1 saturated carbocycles. The number of anilines is 2. The van der Waals surface area contributed by atoms with E-state index in [0.29, 0.717) is 6.04 Å². The van der Waals surface area contributed by atoms with Crippen molar-refractivity contribution in [3.63, 3.8) is 0 Å². The second-order valence-electron chi connectivity index (χ2n) is 6.24. The number of hydrogen-bond acceptors (Lipinski definition) is 3. The first-order valence-corrected chi connectivity index (χ1v) is 7.70. The molecule has 0 bridgehead atoms. The summed E-state index contributed by atoms with van der Waals surface area (Å²) < 4.78 is 0. The lowest BCUT2D eigenvalue weighted by molar-refractivity contribution is 0.381. The van der Waals surface area contributed by atoms with E-state index in [4.69, 9.17) is 0 Å². The summed E-state index contributed by atoms with van der Waals surface area (Å²) in [4.78, 5) is 5.30. The molecule has 3 nitrogen and oxygen atoms in total. The van der Waals surface area contributed by atoms with Crippen molar-refractivity contribution < 1.29 is 0 Å². The Balaban J connectivity index is 1.80. The fourth-order valence-corrected chi connectivity index (χ4v) is 3.78. The van der Waals surface area contributed by atoms with E-state index in [-0.39, 0.29) is 0 Å². The maximum absolute atomic E-state index is 3.58. The minimum Gasteiger partial charge on any atom is -0.365 e. The number of nitrogens with one attached hydrogen (secondary N) is 1. The second kappa shape index (κ2) is 4.41. The van der Waals surface area contributed by atoms with Crippen LogP contribution in [0.3, 0.4) is 0 Å². The Labute approximate surface area is 115 Å². The molecule has 2 aliphatic heterocycles. The molecule has 0 amide bonds. The normalized spacial score (nSPS) is 26.7. The number of hydrogen-bond donors (Lipinski definition) is 1. The Hall–Kier alpha value is -1.22. The van der Waals surface area contributed by atoms with E-state index in [2.05, 4.69) is 40.2 Å². The zero-order valence-corrected chi connectivity index (χ0v) is 11.7. The van der Waals surface area contributed by atoms with Crippen molar-refractivity contribution in [3.05, 3.63) is 23.8 Å². The van der Waals surface area contributed by atoms with Gasteiger partial charge in [0.1, 0.15) is 0 Å². The average molecular weight is 257 g/mol. The van der Waals surface area contributed by atoms with Crippen molar-refractivity contribution in [3.8, 4) is 0 Å². The van der Waals surface area contributed by atoms with Crippen molar-refractivity contribution in [1.29, 1.82) is 0 Å². The molecule has 0 saturated heterocycles. The van der Waals surface area contributed by atoms with Gasteiger partial charge in [-0.05, 0) is 37.8 Å². The summed E-state index contributed by atoms with van der Waals surface area (Å²) in [5, 5.41) is 3.58. The van der Waals surface area contributed by atoms with E-state index in [1.54, 1.807) is 0 Å². The molecular weight excluding hydrogens is 234 g/mol. The number of nitrogens with zero attached hydrogens (tertiary/aromatic N) is 2. The van der Waals surface area contributed by atoms with Gasteiger partial charge in [-0.2, -0.15) is 0 Å². The van der Waals surface area contributed by atoms with Crippen molar-refractivity contribution >= 4 is 11.4 Å². The summed E-state index contributed by atoms with van der Waals surface area (Å²) in [6, 6.07) is 8.27. The molecule has 3 heteroatoms. The molecule has 1 fully saturated rings. The van der Waals surface area contributed by atoms with Crippen LogP contribution in [0, 0.1) is 0 Å². The third kappa shape index (κ3) is 1.75. The predicted molar refractivity (Wildman–Crippen MR) is 79.9 cm³/mol. The lowest BCUT2D eigenvalue weighted by Gasteiger charge is -2.47. The SMILES string of the molecule is CC1CNCc2cccc3c2N1CCN3C1CCC1. The van der Waals surface area contributed by atoms with Crippen LogP contribution in [0.15, 0.2) is 18.2 Å². The van der Waals surface area contributed by atoms with E-state index in [1.807, 2.05) is 0 Å². The molecule has 102 valence electrons. The zero-order chi connectivity index (χ0) is 12.8. The highest BCUT2D eigenvalue weighted by Crippen LogP contribution is 2.42. The van der Waals surface area contributed by atoms with Gasteiger partial charge < -0.3 is 15.1 Å². The third-order valence-corrected chi connectivity index (χ3v) is 5.08. The van der Waals surface area contributed by atoms with Crippen LogP contribution in [-0.4, -0.2) is 31.7 Å². The monoisotopic (exact) mass is 257 g/mol. The Morgan fingerprint density at radius 3 is 2.79 bits per heavy atom. The molecule has 1 aromatic carbocycles. The molecule has 4 rings (SSSR count). The molecule has 3 aliphatic rings. The molecule has 1 unspecified atom stereocenters. The van der Waals surface area contributed by atoms with Crippen LogP contribution in [0.1, 0.15) is 31.7 Å². The van der Waals surface area contributed by atoms with Gasteiger partial charge in [-0.1, -0.05) is 12.1 Å². The Bertz CT molecular complexity index is 481. The fraction of sp³-hybridized carbons (Fsp3) is 0.625. The molecule has 19 heavy (non-hydrogen) atoms. The van der Waals surface area contributed by atoms with Crippen LogP contribution in [0.4, 0.5) is 11.4 Å². The van der Waals surface area contributed by atoms with E-state index in [0.717, 1.165) is 19.1 Å². The van der Waals surface area contributed by atoms with Crippen molar-refractivity contribution in [2.45, 2.75) is 44.8 Å². The van der Waals surface area contributed by atoms with Gasteiger partial charge in [-0.15, -0.1) is 0 Å². The van der Waals surface area contributed by atoms with Crippen LogP contribution < -0.4 is 15.1 Å². The van der Waals surface area contributed by atoms with Crippen LogP contribution >= 0.6 is 0 Å². The minimum atomic E-state index is 0.603. The van der Waals surface area contributed by atoms with Gasteiger partial charge in [0.15, 0.2) is 0 Å². The maximum Gasteiger partial charge on any atom is 0.0653 e. The van der Waals surface area contributed by atoms with E-state index in [9.17, 15) is 0 Å².